The highest BCUT2D eigenvalue weighted by molar-refractivity contribution is 5.86. The molecule has 0 saturated heterocycles. The van der Waals surface area contributed by atoms with Gasteiger partial charge < -0.3 is 59.3 Å². The minimum absolute atomic E-state index is 0.0158. The van der Waals surface area contributed by atoms with Gasteiger partial charge in [0.2, 0.25) is 16.7 Å². The summed E-state index contributed by atoms with van der Waals surface area (Å²) < 4.78 is 18.6. The van der Waals surface area contributed by atoms with Crippen LogP contribution in [0.15, 0.2) is 257 Å². The fraction of sp³-hybridized carbons (Fsp3) is 0.268. The fourth-order valence-electron chi connectivity index (χ4n) is 11.8. The number of aliphatic hydroxyl groups is 5. The van der Waals surface area contributed by atoms with Crippen LogP contribution in [0.5, 0.6) is 17.2 Å². The summed E-state index contributed by atoms with van der Waals surface area (Å²) in [4.78, 5) is 34.4. The van der Waals surface area contributed by atoms with Gasteiger partial charge in [0.05, 0.1) is 98.3 Å². The zero-order valence-electron chi connectivity index (χ0n) is 63.7. The number of anilines is 4. The number of non-ortho nitro benzene ring substituents is 1. The van der Waals surface area contributed by atoms with E-state index in [2.05, 4.69) is 135 Å². The maximum atomic E-state index is 11.3. The molecule has 0 bridgehead atoms. The first-order valence-electron chi connectivity index (χ1n) is 36.2. The summed E-state index contributed by atoms with van der Waals surface area (Å²) in [6.45, 7) is 15.2. The van der Waals surface area contributed by atoms with E-state index in [-0.39, 0.29) is 50.1 Å². The van der Waals surface area contributed by atoms with Gasteiger partial charge in [-0.1, -0.05) is 31.2 Å². The Labute approximate surface area is 648 Å². The number of hydrogen-bond donors (Lipinski definition) is 5. The van der Waals surface area contributed by atoms with E-state index in [1.165, 1.54) is 57.3 Å². The van der Waals surface area contributed by atoms with Crippen molar-refractivity contribution in [2.24, 2.45) is 51.1 Å². The molecule has 1 heterocycles. The van der Waals surface area contributed by atoms with Crippen LogP contribution in [0.1, 0.15) is 38.3 Å². The van der Waals surface area contributed by atoms with E-state index < -0.39 is 9.85 Å². The molecule has 0 aliphatic heterocycles. The van der Waals surface area contributed by atoms with Gasteiger partial charge in [0.25, 0.3) is 11.4 Å². The highest BCUT2D eigenvalue weighted by Gasteiger charge is 2.23. The highest BCUT2D eigenvalue weighted by atomic mass is 16.6. The first-order chi connectivity index (χ1) is 54.5. The number of nitro benzene ring substituents is 2. The van der Waals surface area contributed by atoms with Gasteiger partial charge in [0.15, 0.2) is 5.69 Å². The summed E-state index contributed by atoms with van der Waals surface area (Å²) in [7, 11) is 4.47. The zero-order chi connectivity index (χ0) is 79.9. The molecule has 5 N–H and O–H groups in total. The van der Waals surface area contributed by atoms with Crippen molar-refractivity contribution in [1.29, 1.82) is 0 Å². The molecular formula is C82H91N18O12+. The maximum absolute atomic E-state index is 11.3. The van der Waals surface area contributed by atoms with E-state index in [1.807, 2.05) is 83.5 Å². The van der Waals surface area contributed by atoms with Crippen LogP contribution in [0.3, 0.4) is 0 Å². The number of aromatic nitrogens is 2. The van der Waals surface area contributed by atoms with Gasteiger partial charge in [-0.3, -0.25) is 20.2 Å². The molecule has 0 aliphatic rings. The Hall–Kier alpha value is -13.0. The van der Waals surface area contributed by atoms with E-state index in [9.17, 15) is 45.8 Å². The van der Waals surface area contributed by atoms with Crippen LogP contribution in [0, 0.1) is 34.1 Å². The van der Waals surface area contributed by atoms with Gasteiger partial charge in [-0.25, -0.2) is 4.98 Å². The zero-order valence-corrected chi connectivity index (χ0v) is 63.7. The van der Waals surface area contributed by atoms with Crippen LogP contribution >= 0.6 is 0 Å². The van der Waals surface area contributed by atoms with Crippen LogP contribution in [0.2, 0.25) is 0 Å². The third kappa shape index (κ3) is 22.6. The Balaban J connectivity index is 0.000000193. The number of aryl methyl sites for hydroxylation is 2. The molecule has 11 rings (SSSR count). The Kier molecular flexibility index (Phi) is 31.2. The number of azo groups is 5. The molecule has 0 fully saturated rings. The van der Waals surface area contributed by atoms with Crippen LogP contribution in [-0.4, -0.2) is 147 Å². The van der Waals surface area contributed by atoms with E-state index >= 15 is 0 Å². The Morgan fingerprint density at radius 2 is 0.768 bits per heavy atom. The quantitative estimate of drug-likeness (QED) is 0.00822. The molecule has 0 saturated carbocycles. The predicted octanol–water partition coefficient (Wildman–Crippen LogP) is 18.2. The van der Waals surface area contributed by atoms with Crippen molar-refractivity contribution in [3.05, 3.63) is 238 Å². The lowest BCUT2D eigenvalue weighted by Crippen LogP contribution is -2.33. The number of hydrogen-bond acceptors (Lipinski definition) is 27. The molecule has 10 aromatic carbocycles. The predicted molar refractivity (Wildman–Crippen MR) is 435 cm³/mol. The summed E-state index contributed by atoms with van der Waals surface area (Å²) in [6, 6.07) is 62.5. The molecule has 0 aliphatic carbocycles. The summed E-state index contributed by atoms with van der Waals surface area (Å²) in [5.41, 5.74) is 15.3. The minimum Gasteiger partial charge on any atom is -0.494 e. The van der Waals surface area contributed by atoms with Crippen molar-refractivity contribution in [2.75, 3.05) is 126 Å². The van der Waals surface area contributed by atoms with Crippen molar-refractivity contribution >= 4 is 113 Å². The van der Waals surface area contributed by atoms with Crippen LogP contribution < -0.4 is 38.4 Å². The average molecular weight is 1520 g/mol. The molecule has 580 valence electrons. The van der Waals surface area contributed by atoms with Crippen LogP contribution in [0.25, 0.3) is 27.8 Å². The van der Waals surface area contributed by atoms with Gasteiger partial charge >= 0.3 is 0 Å². The van der Waals surface area contributed by atoms with E-state index in [1.54, 1.807) is 67.6 Å². The molecule has 0 amide bonds. The maximum Gasteiger partial charge on any atom is 0.296 e. The smallest absolute Gasteiger partial charge is 0.296 e. The SMILES string of the molecule is CCCN(CCO)c1ccc(N=Nc2ccc3nc4ccc(N(CC)CC)cc4[n+](-c4ccccc4)c3c2)cc1.COc1cc(N=Nc2ccc(C)cc2[N+](=O)[O-])c(C)cc1N=Nc1ccc(N(CCO)CCO)cc1.COc1cc(N=Nc2ccc([N+](=O)[O-])cc2)c(OC)cc1N=Nc1ccc(N(CCO)CCO)cc1. The summed E-state index contributed by atoms with van der Waals surface area (Å²) in [5.74, 6) is 1.20. The Bertz CT molecular complexity index is 5060. The Morgan fingerprint density at radius 3 is 1.21 bits per heavy atom. The number of nitro groups is 2. The van der Waals surface area contributed by atoms with Crippen molar-refractivity contribution in [1.82, 2.24) is 4.98 Å². The standard InChI is InChI=1S/C33H37N6O.C25H28N6O5.C24H26N6O6/c1-4-20-38(21-22-40)27-15-12-25(13-16-27)35-36-26-14-18-30-32(23-26)39(28-10-8-7-9-11-28)33-24-29(37(5-2)6-3)17-19-31(33)34-30;1-17-4-9-21(24(14-17)31(34)35)27-28-22-16-25(36-3)23(15-18(22)2)29-26-19-5-7-20(8-6-19)30(10-12-32)11-13-33;1-35-23-16-22(28-26-18-5-9-20(10-6-18)30(33)34)24(36-2)15-21(23)27-25-17-3-7-19(8-4-17)29(11-13-31)12-14-32/h7-19,23-24,40H,4-6,20-22H2,1-3H3;4-9,14-16,32-33H,10-13H2,1-3H3;3-10,15-16,31-32H,11-14H2,1-2H3/q+1;;. The summed E-state index contributed by atoms with van der Waals surface area (Å²) in [5, 5.41) is 111. The average Bonchev–Trinajstić information content (AvgIpc) is 0.749. The van der Waals surface area contributed by atoms with E-state index in [0.717, 1.165) is 93.4 Å². The van der Waals surface area contributed by atoms with Crippen molar-refractivity contribution in [3.8, 4) is 22.9 Å². The lowest BCUT2D eigenvalue weighted by molar-refractivity contribution is -0.538. The minimum atomic E-state index is -0.486. The number of aliphatic hydroxyl groups excluding tert-OH is 5. The number of methoxy groups -OCH3 is 3. The fourth-order valence-corrected chi connectivity index (χ4v) is 11.8. The van der Waals surface area contributed by atoms with Crippen LogP contribution in [-0.2, 0) is 0 Å². The molecular weight excluding hydrogens is 1430 g/mol. The molecule has 30 heteroatoms. The van der Waals surface area contributed by atoms with Gasteiger partial charge in [0, 0.05) is 136 Å². The second-order valence-corrected chi connectivity index (χ2v) is 25.0. The first-order valence-corrected chi connectivity index (χ1v) is 36.2. The van der Waals surface area contributed by atoms with Gasteiger partial charge in [-0.2, -0.15) is 25.6 Å². The number of fused-ring (bicyclic) bond motifs is 2. The summed E-state index contributed by atoms with van der Waals surface area (Å²) >= 11 is 0. The van der Waals surface area contributed by atoms with Gasteiger partial charge in [0.1, 0.15) is 45.3 Å². The van der Waals surface area contributed by atoms with E-state index in [4.69, 9.17) is 19.2 Å². The number of nitrogens with zero attached hydrogens (tertiary/aromatic N) is 18. The lowest BCUT2D eigenvalue weighted by atomic mass is 10.1. The third-order valence-corrected chi connectivity index (χ3v) is 17.5. The molecule has 0 unspecified atom stereocenters. The monoisotopic (exact) mass is 1520 g/mol. The second-order valence-electron chi connectivity index (χ2n) is 25.0. The molecule has 0 atom stereocenters. The normalized spacial score (nSPS) is 11.4. The Morgan fingerprint density at radius 1 is 0.384 bits per heavy atom. The summed E-state index contributed by atoms with van der Waals surface area (Å²) in [6.07, 6.45) is 1.02. The molecule has 112 heavy (non-hydrogen) atoms. The number of benzene rings is 10. The highest BCUT2D eigenvalue weighted by Crippen LogP contribution is 2.42. The first kappa shape index (κ1) is 83.0. The number of ether oxygens (including phenoxy) is 3. The second kappa shape index (κ2) is 42.1. The molecule has 0 spiro atoms. The van der Waals surface area contributed by atoms with E-state index in [0.29, 0.717) is 89.8 Å². The van der Waals surface area contributed by atoms with Crippen LogP contribution in [0.4, 0.5) is 91.0 Å². The van der Waals surface area contributed by atoms with Gasteiger partial charge in [-0.05, 0) is 167 Å². The molecule has 11 aromatic rings. The van der Waals surface area contributed by atoms with Gasteiger partial charge in [-0.15, -0.1) is 30.1 Å². The van der Waals surface area contributed by atoms with Crippen molar-refractivity contribution in [2.45, 2.75) is 41.0 Å². The number of rotatable bonds is 34. The van der Waals surface area contributed by atoms with Crippen molar-refractivity contribution in [3.63, 3.8) is 0 Å². The lowest BCUT2D eigenvalue weighted by Gasteiger charge is -2.23. The molecule has 30 nitrogen and oxygen atoms in total. The largest absolute Gasteiger partial charge is 0.494 e. The van der Waals surface area contributed by atoms with Crippen molar-refractivity contribution < 1.29 is 54.2 Å². The third-order valence-electron chi connectivity index (χ3n) is 17.5. The molecule has 0 radical (unpaired) electrons. The number of para-hydroxylation sites is 1. The topological polar surface area (TPSA) is 368 Å². The molecule has 1 aromatic heterocycles.